The number of nitrogen functional groups attached to an aromatic ring is 1. The van der Waals surface area contributed by atoms with Crippen LogP contribution < -0.4 is 16.0 Å². The normalized spacial score (nSPS) is 16.3. The highest BCUT2D eigenvalue weighted by Crippen LogP contribution is 2.29. The summed E-state index contributed by atoms with van der Waals surface area (Å²) in [5.41, 5.74) is 8.65. The molecule has 0 bridgehead atoms. The maximum absolute atomic E-state index is 12.1. The van der Waals surface area contributed by atoms with Crippen molar-refractivity contribution in [2.75, 3.05) is 23.7 Å². The van der Waals surface area contributed by atoms with E-state index in [1.807, 2.05) is 54.6 Å². The molecule has 5 heteroatoms. The molecule has 0 aromatic heterocycles. The summed E-state index contributed by atoms with van der Waals surface area (Å²) in [4.78, 5) is 14.4. The molecule has 132 valence electrons. The van der Waals surface area contributed by atoms with Crippen LogP contribution in [0.25, 0.3) is 0 Å². The molecule has 1 aliphatic rings. The van der Waals surface area contributed by atoms with Crippen LogP contribution >= 0.6 is 0 Å². The Morgan fingerprint density at radius 2 is 1.76 bits per heavy atom. The Hall–Kier alpha value is -2.69. The van der Waals surface area contributed by atoms with Crippen molar-refractivity contribution in [3.8, 4) is 0 Å². The van der Waals surface area contributed by atoms with Crippen LogP contribution in [0.15, 0.2) is 54.6 Å². The van der Waals surface area contributed by atoms with Gasteiger partial charge in [-0.15, -0.1) is 0 Å². The van der Waals surface area contributed by atoms with Crippen LogP contribution in [0.1, 0.15) is 25.3 Å². The fourth-order valence-corrected chi connectivity index (χ4v) is 3.15. The summed E-state index contributed by atoms with van der Waals surface area (Å²) in [7, 11) is 0. The molecule has 2 aromatic rings. The van der Waals surface area contributed by atoms with Crippen molar-refractivity contribution in [2.24, 2.45) is 0 Å². The van der Waals surface area contributed by atoms with Crippen LogP contribution in [0.2, 0.25) is 0 Å². The maximum atomic E-state index is 12.1. The number of nitrogens with two attached hydrogens (primary N) is 1. The van der Waals surface area contributed by atoms with Crippen LogP contribution in [0.3, 0.4) is 0 Å². The number of amides is 1. The molecule has 1 amide bonds. The predicted molar refractivity (Wildman–Crippen MR) is 100 cm³/mol. The van der Waals surface area contributed by atoms with Gasteiger partial charge < -0.3 is 20.7 Å². The second-order valence-electron chi connectivity index (χ2n) is 6.79. The summed E-state index contributed by atoms with van der Waals surface area (Å²) in [5, 5.41) is 3.03. The number of carbonyl (C=O) groups excluding carboxylic acids is 1. The van der Waals surface area contributed by atoms with E-state index in [0.717, 1.165) is 42.9 Å². The van der Waals surface area contributed by atoms with Crippen molar-refractivity contribution in [3.05, 3.63) is 60.2 Å². The van der Waals surface area contributed by atoms with Gasteiger partial charge in [0.1, 0.15) is 6.61 Å². The molecular weight excluding hydrogens is 314 g/mol. The lowest BCUT2D eigenvalue weighted by Gasteiger charge is -2.40. The molecule has 1 aliphatic heterocycles. The van der Waals surface area contributed by atoms with Gasteiger partial charge >= 0.3 is 6.09 Å². The quantitative estimate of drug-likeness (QED) is 0.836. The van der Waals surface area contributed by atoms with Gasteiger partial charge in [0.05, 0.1) is 11.4 Å². The molecule has 0 spiro atoms. The molecule has 3 N–H and O–H groups in total. The Balaban J connectivity index is 1.50. The average molecular weight is 339 g/mol. The van der Waals surface area contributed by atoms with Crippen LogP contribution in [-0.2, 0) is 11.3 Å². The van der Waals surface area contributed by atoms with Gasteiger partial charge in [-0.1, -0.05) is 42.5 Å². The second-order valence-corrected chi connectivity index (χ2v) is 6.79. The van der Waals surface area contributed by atoms with E-state index in [-0.39, 0.29) is 18.2 Å². The van der Waals surface area contributed by atoms with Gasteiger partial charge in [-0.2, -0.15) is 0 Å². The third-order valence-electron chi connectivity index (χ3n) is 4.76. The molecular formula is C20H25N3O2. The number of anilines is 2. The van der Waals surface area contributed by atoms with Gasteiger partial charge in [-0.3, -0.25) is 0 Å². The van der Waals surface area contributed by atoms with Crippen LogP contribution in [0.4, 0.5) is 16.2 Å². The summed E-state index contributed by atoms with van der Waals surface area (Å²) in [6, 6.07) is 17.6. The molecule has 1 fully saturated rings. The average Bonchev–Trinajstić information content (AvgIpc) is 2.62. The molecule has 0 radical (unpaired) electrons. The van der Waals surface area contributed by atoms with E-state index in [1.54, 1.807) is 0 Å². The van der Waals surface area contributed by atoms with Crippen molar-refractivity contribution in [2.45, 2.75) is 31.9 Å². The Morgan fingerprint density at radius 3 is 2.44 bits per heavy atom. The van der Waals surface area contributed by atoms with Crippen LogP contribution in [0.5, 0.6) is 0 Å². The Labute approximate surface area is 148 Å². The number of nitrogens with one attached hydrogen (secondary N) is 1. The number of rotatable bonds is 4. The van der Waals surface area contributed by atoms with E-state index in [9.17, 15) is 4.79 Å². The third kappa shape index (κ3) is 4.44. The first kappa shape index (κ1) is 17.1. The zero-order valence-electron chi connectivity index (χ0n) is 14.6. The molecule has 0 saturated carbocycles. The molecule has 0 atom stereocenters. The molecule has 2 aromatic carbocycles. The number of ether oxygens (including phenoxy) is 1. The SMILES string of the molecule is CC1(NC(=O)OCc2ccccc2)CCN(c2ccccc2N)CC1. The number of piperidine rings is 1. The lowest BCUT2D eigenvalue weighted by molar-refractivity contribution is 0.123. The fraction of sp³-hybridized carbons (Fsp3) is 0.350. The molecule has 1 heterocycles. The van der Waals surface area contributed by atoms with Crippen LogP contribution in [0, 0.1) is 0 Å². The number of hydrogen-bond acceptors (Lipinski definition) is 4. The van der Waals surface area contributed by atoms with E-state index in [4.69, 9.17) is 10.5 Å². The summed E-state index contributed by atoms with van der Waals surface area (Å²) >= 11 is 0. The Kier molecular flexibility index (Phi) is 5.12. The van der Waals surface area contributed by atoms with Crippen molar-refractivity contribution in [1.82, 2.24) is 5.32 Å². The monoisotopic (exact) mass is 339 g/mol. The number of hydrogen-bond donors (Lipinski definition) is 2. The zero-order valence-corrected chi connectivity index (χ0v) is 14.6. The topological polar surface area (TPSA) is 67.6 Å². The van der Waals surface area contributed by atoms with E-state index >= 15 is 0 Å². The molecule has 0 aliphatic carbocycles. The van der Waals surface area contributed by atoms with E-state index < -0.39 is 0 Å². The molecule has 1 saturated heterocycles. The molecule has 25 heavy (non-hydrogen) atoms. The third-order valence-corrected chi connectivity index (χ3v) is 4.76. The molecule has 0 unspecified atom stereocenters. The fourth-order valence-electron chi connectivity index (χ4n) is 3.15. The van der Waals surface area contributed by atoms with Crippen molar-refractivity contribution in [1.29, 1.82) is 0 Å². The molecule has 3 rings (SSSR count). The van der Waals surface area contributed by atoms with Crippen molar-refractivity contribution >= 4 is 17.5 Å². The minimum atomic E-state index is -0.362. The summed E-state index contributed by atoms with van der Waals surface area (Å²) in [6.45, 7) is 4.06. The number of nitrogens with zero attached hydrogens (tertiary/aromatic N) is 1. The van der Waals surface area contributed by atoms with E-state index in [0.29, 0.717) is 0 Å². The number of benzene rings is 2. The van der Waals surface area contributed by atoms with Gasteiger partial charge in [-0.25, -0.2) is 4.79 Å². The maximum Gasteiger partial charge on any atom is 0.407 e. The van der Waals surface area contributed by atoms with E-state index in [1.165, 1.54) is 0 Å². The first-order valence-corrected chi connectivity index (χ1v) is 8.64. The van der Waals surface area contributed by atoms with Crippen molar-refractivity contribution in [3.63, 3.8) is 0 Å². The van der Waals surface area contributed by atoms with Crippen molar-refractivity contribution < 1.29 is 9.53 Å². The number of carbonyl (C=O) groups is 1. The lowest BCUT2D eigenvalue weighted by Crippen LogP contribution is -2.53. The first-order valence-electron chi connectivity index (χ1n) is 8.64. The van der Waals surface area contributed by atoms with Gasteiger partial charge in [-0.05, 0) is 37.5 Å². The Bertz CT molecular complexity index is 710. The highest BCUT2D eigenvalue weighted by molar-refractivity contribution is 5.69. The van der Waals surface area contributed by atoms with Gasteiger partial charge in [0.15, 0.2) is 0 Å². The summed E-state index contributed by atoms with van der Waals surface area (Å²) in [5.74, 6) is 0. The van der Waals surface area contributed by atoms with Crippen LogP contribution in [-0.4, -0.2) is 24.7 Å². The number of para-hydroxylation sites is 2. The van der Waals surface area contributed by atoms with Gasteiger partial charge in [0, 0.05) is 18.6 Å². The van der Waals surface area contributed by atoms with Gasteiger partial charge in [0.25, 0.3) is 0 Å². The number of alkyl carbamates (subject to hydrolysis) is 1. The highest BCUT2D eigenvalue weighted by Gasteiger charge is 2.32. The summed E-state index contributed by atoms with van der Waals surface area (Å²) < 4.78 is 5.34. The highest BCUT2D eigenvalue weighted by atomic mass is 16.5. The van der Waals surface area contributed by atoms with E-state index in [2.05, 4.69) is 17.1 Å². The second kappa shape index (κ2) is 7.47. The zero-order chi connectivity index (χ0) is 17.7. The van der Waals surface area contributed by atoms with Gasteiger partial charge in [0.2, 0.25) is 0 Å². The first-order chi connectivity index (χ1) is 12.1. The smallest absolute Gasteiger partial charge is 0.407 e. The minimum Gasteiger partial charge on any atom is -0.445 e. The predicted octanol–water partition coefficient (Wildman–Crippen LogP) is 3.55. The minimum absolute atomic E-state index is 0.256. The lowest BCUT2D eigenvalue weighted by atomic mass is 9.89. The Morgan fingerprint density at radius 1 is 1.12 bits per heavy atom. The largest absolute Gasteiger partial charge is 0.445 e. The summed E-state index contributed by atoms with van der Waals surface area (Å²) in [6.07, 6.45) is 1.34. The molecule has 5 nitrogen and oxygen atoms in total. The standard InChI is InChI=1S/C20H25N3O2/c1-20(22-19(24)25-15-16-7-3-2-4-8-16)11-13-23(14-12-20)18-10-6-5-9-17(18)21/h2-10H,11-15,21H2,1H3,(H,22,24).